The second-order valence-corrected chi connectivity index (χ2v) is 7.50. The number of sulfonamides is 1. The fourth-order valence-corrected chi connectivity index (χ4v) is 4.89. The predicted octanol–water partition coefficient (Wildman–Crippen LogP) is 3.69. The van der Waals surface area contributed by atoms with Crippen molar-refractivity contribution in [2.75, 3.05) is 5.33 Å². The molecule has 0 atom stereocenters. The third-order valence-corrected chi connectivity index (χ3v) is 6.29. The van der Waals surface area contributed by atoms with E-state index in [1.54, 1.807) is 0 Å². The van der Waals surface area contributed by atoms with Gasteiger partial charge in [0.2, 0.25) is 10.0 Å². The first-order chi connectivity index (χ1) is 9.69. The highest BCUT2D eigenvalue weighted by atomic mass is 79.9. The first-order valence-corrected chi connectivity index (χ1v) is 9.06. The lowest BCUT2D eigenvalue weighted by molar-refractivity contribution is -0.137. The summed E-state index contributed by atoms with van der Waals surface area (Å²) in [5, 5.41) is 0.443. The number of nitrogens with one attached hydrogen (secondary N) is 1. The number of benzene rings is 1. The average Bonchev–Trinajstić information content (AvgIpc) is 2.86. The number of rotatable bonds is 4. The van der Waals surface area contributed by atoms with Crippen LogP contribution in [0.4, 0.5) is 13.2 Å². The maximum Gasteiger partial charge on any atom is 0.416 e. The van der Waals surface area contributed by atoms with Crippen LogP contribution in [-0.2, 0) is 16.2 Å². The van der Waals surface area contributed by atoms with Gasteiger partial charge in [-0.15, -0.1) is 0 Å². The van der Waals surface area contributed by atoms with Crippen LogP contribution in [0, 0.1) is 0 Å². The lowest BCUT2D eigenvalue weighted by Gasteiger charge is -2.27. The molecule has 0 bridgehead atoms. The molecule has 1 N–H and O–H groups in total. The first kappa shape index (κ1) is 16.8. The van der Waals surface area contributed by atoms with Crippen LogP contribution in [0.1, 0.15) is 31.2 Å². The van der Waals surface area contributed by atoms with Crippen molar-refractivity contribution in [2.45, 2.75) is 42.3 Å². The van der Waals surface area contributed by atoms with Crippen molar-refractivity contribution in [3.63, 3.8) is 0 Å². The molecule has 1 fully saturated rings. The molecule has 1 aliphatic rings. The molecule has 2 rings (SSSR count). The van der Waals surface area contributed by atoms with Crippen molar-refractivity contribution in [2.24, 2.45) is 0 Å². The lowest BCUT2D eigenvalue weighted by atomic mass is 10.0. The maximum absolute atomic E-state index is 12.7. The Morgan fingerprint density at radius 1 is 1.24 bits per heavy atom. The zero-order chi connectivity index (χ0) is 15.7. The van der Waals surface area contributed by atoms with Crippen molar-refractivity contribution in [3.8, 4) is 0 Å². The monoisotopic (exact) mass is 385 g/mol. The predicted molar refractivity (Wildman–Crippen MR) is 76.8 cm³/mol. The van der Waals surface area contributed by atoms with Crippen LogP contribution in [0.25, 0.3) is 0 Å². The molecule has 0 heterocycles. The van der Waals surface area contributed by atoms with E-state index in [1.165, 1.54) is 6.07 Å². The molecule has 1 aromatic carbocycles. The molecule has 0 unspecified atom stereocenters. The van der Waals surface area contributed by atoms with Gasteiger partial charge in [-0.1, -0.05) is 34.8 Å². The van der Waals surface area contributed by atoms with Crippen molar-refractivity contribution in [1.82, 2.24) is 4.72 Å². The highest BCUT2D eigenvalue weighted by molar-refractivity contribution is 9.09. The van der Waals surface area contributed by atoms with Gasteiger partial charge in [-0.3, -0.25) is 0 Å². The van der Waals surface area contributed by atoms with E-state index < -0.39 is 27.3 Å². The SMILES string of the molecule is O=S(=O)(NC1(CBr)CCCC1)c1cccc(C(F)(F)F)c1. The van der Waals surface area contributed by atoms with Crippen molar-refractivity contribution >= 4 is 26.0 Å². The Kier molecular flexibility index (Phi) is 4.70. The van der Waals surface area contributed by atoms with E-state index in [-0.39, 0.29) is 4.90 Å². The molecule has 1 aliphatic carbocycles. The lowest BCUT2D eigenvalue weighted by Crippen LogP contribution is -2.47. The van der Waals surface area contributed by atoms with Gasteiger partial charge in [0.15, 0.2) is 0 Å². The van der Waals surface area contributed by atoms with Gasteiger partial charge in [0.25, 0.3) is 0 Å². The Hall–Kier alpha value is -0.600. The van der Waals surface area contributed by atoms with E-state index in [1.807, 2.05) is 0 Å². The minimum atomic E-state index is -4.56. The Morgan fingerprint density at radius 3 is 2.38 bits per heavy atom. The van der Waals surface area contributed by atoms with E-state index in [0.29, 0.717) is 24.2 Å². The van der Waals surface area contributed by atoms with Gasteiger partial charge in [0.1, 0.15) is 0 Å². The Balaban J connectivity index is 2.32. The van der Waals surface area contributed by atoms with Gasteiger partial charge in [0, 0.05) is 10.9 Å². The summed E-state index contributed by atoms with van der Waals surface area (Å²) in [6.45, 7) is 0. The summed E-state index contributed by atoms with van der Waals surface area (Å²) in [6, 6.07) is 3.80. The quantitative estimate of drug-likeness (QED) is 0.803. The fraction of sp³-hybridized carbons (Fsp3) is 0.538. The molecule has 0 spiro atoms. The van der Waals surface area contributed by atoms with Crippen LogP contribution in [0.5, 0.6) is 0 Å². The Morgan fingerprint density at radius 2 is 1.86 bits per heavy atom. The Labute approximate surface area is 130 Å². The standard InChI is InChI=1S/C13H15BrF3NO2S/c14-9-12(6-1-2-7-12)18-21(19,20)11-5-3-4-10(8-11)13(15,16)17/h3-5,8,18H,1-2,6-7,9H2. The normalized spacial score (nSPS) is 18.9. The molecule has 21 heavy (non-hydrogen) atoms. The van der Waals surface area contributed by atoms with E-state index in [0.717, 1.165) is 25.0 Å². The number of hydrogen-bond acceptors (Lipinski definition) is 2. The zero-order valence-electron chi connectivity index (χ0n) is 11.1. The van der Waals surface area contributed by atoms with Crippen LogP contribution in [0.2, 0.25) is 0 Å². The summed E-state index contributed by atoms with van der Waals surface area (Å²) >= 11 is 3.30. The van der Waals surface area contributed by atoms with Gasteiger partial charge in [-0.05, 0) is 31.0 Å². The van der Waals surface area contributed by atoms with Gasteiger partial charge in [0.05, 0.1) is 10.5 Å². The maximum atomic E-state index is 12.7. The summed E-state index contributed by atoms with van der Waals surface area (Å²) in [6.07, 6.45) is -1.41. The van der Waals surface area contributed by atoms with Crippen LogP contribution in [-0.4, -0.2) is 19.3 Å². The second-order valence-electron chi connectivity index (χ2n) is 5.25. The summed E-state index contributed by atoms with van der Waals surface area (Å²) in [5.74, 6) is 0. The molecular formula is C13H15BrF3NO2S. The summed E-state index contributed by atoms with van der Waals surface area (Å²) < 4.78 is 65.3. The van der Waals surface area contributed by atoms with Gasteiger partial charge >= 0.3 is 6.18 Å². The molecule has 0 saturated heterocycles. The van der Waals surface area contributed by atoms with E-state index in [4.69, 9.17) is 0 Å². The van der Waals surface area contributed by atoms with E-state index in [2.05, 4.69) is 20.7 Å². The molecule has 1 aromatic rings. The molecular weight excluding hydrogens is 371 g/mol. The minimum absolute atomic E-state index is 0.357. The molecule has 0 amide bonds. The van der Waals surface area contributed by atoms with Gasteiger partial charge < -0.3 is 0 Å². The van der Waals surface area contributed by atoms with Crippen LogP contribution < -0.4 is 4.72 Å². The fourth-order valence-electron chi connectivity index (χ4n) is 2.50. The smallest absolute Gasteiger partial charge is 0.207 e. The molecule has 3 nitrogen and oxygen atoms in total. The topological polar surface area (TPSA) is 46.2 Å². The van der Waals surface area contributed by atoms with Crippen molar-refractivity contribution in [1.29, 1.82) is 0 Å². The van der Waals surface area contributed by atoms with Gasteiger partial charge in [-0.2, -0.15) is 13.2 Å². The Bertz CT molecular complexity index is 610. The van der Waals surface area contributed by atoms with Crippen molar-refractivity contribution < 1.29 is 21.6 Å². The highest BCUT2D eigenvalue weighted by Gasteiger charge is 2.38. The highest BCUT2D eigenvalue weighted by Crippen LogP contribution is 2.34. The first-order valence-electron chi connectivity index (χ1n) is 6.46. The third kappa shape index (κ3) is 3.78. The number of hydrogen-bond donors (Lipinski definition) is 1. The molecule has 8 heteroatoms. The van der Waals surface area contributed by atoms with Crippen molar-refractivity contribution in [3.05, 3.63) is 29.8 Å². The van der Waals surface area contributed by atoms with E-state index >= 15 is 0 Å². The molecule has 118 valence electrons. The average molecular weight is 386 g/mol. The molecule has 0 radical (unpaired) electrons. The van der Waals surface area contributed by atoms with Crippen LogP contribution in [0.15, 0.2) is 29.2 Å². The van der Waals surface area contributed by atoms with Crippen LogP contribution >= 0.6 is 15.9 Å². The minimum Gasteiger partial charge on any atom is -0.207 e. The summed E-state index contributed by atoms with van der Waals surface area (Å²) in [7, 11) is -3.98. The largest absolute Gasteiger partial charge is 0.416 e. The number of halogens is 4. The molecule has 0 aliphatic heterocycles. The van der Waals surface area contributed by atoms with Gasteiger partial charge in [-0.25, -0.2) is 13.1 Å². The second kappa shape index (κ2) is 5.89. The zero-order valence-corrected chi connectivity index (χ0v) is 13.5. The summed E-state index contributed by atoms with van der Waals surface area (Å²) in [5.41, 5.74) is -1.57. The third-order valence-electron chi connectivity index (χ3n) is 3.64. The van der Waals surface area contributed by atoms with E-state index in [9.17, 15) is 21.6 Å². The van der Waals surface area contributed by atoms with Crippen LogP contribution in [0.3, 0.4) is 0 Å². The summed E-state index contributed by atoms with van der Waals surface area (Å²) in [4.78, 5) is -0.357. The molecule has 0 aromatic heterocycles. The number of alkyl halides is 4. The molecule has 1 saturated carbocycles.